The van der Waals surface area contributed by atoms with Gasteiger partial charge in [-0.2, -0.15) is 0 Å². The lowest BCUT2D eigenvalue weighted by Crippen LogP contribution is -2.31. The SMILES string of the molecule is CCC(O)c1nc(NC(=O)N[C@H](C)c2ccccc2)cc(N)c1C(=N)OC. The van der Waals surface area contributed by atoms with Gasteiger partial charge in [0, 0.05) is 11.8 Å². The molecule has 0 aliphatic rings. The number of carbonyl (C=O) groups excluding carboxylic acids is 1. The van der Waals surface area contributed by atoms with Crippen LogP contribution in [0.4, 0.5) is 16.3 Å². The average molecular weight is 371 g/mol. The Morgan fingerprint density at radius 1 is 1.37 bits per heavy atom. The fourth-order valence-corrected chi connectivity index (χ4v) is 2.61. The van der Waals surface area contributed by atoms with Gasteiger partial charge in [0.1, 0.15) is 5.82 Å². The van der Waals surface area contributed by atoms with Gasteiger partial charge in [0.25, 0.3) is 0 Å². The molecule has 0 fully saturated rings. The van der Waals surface area contributed by atoms with Crippen LogP contribution in [0, 0.1) is 5.41 Å². The van der Waals surface area contributed by atoms with Gasteiger partial charge in [-0.3, -0.25) is 10.7 Å². The number of ether oxygens (including phenoxy) is 1. The summed E-state index contributed by atoms with van der Waals surface area (Å²) in [6, 6.07) is 10.3. The second-order valence-electron chi connectivity index (χ2n) is 6.05. The van der Waals surface area contributed by atoms with Crippen LogP contribution >= 0.6 is 0 Å². The van der Waals surface area contributed by atoms with Gasteiger partial charge in [-0.15, -0.1) is 0 Å². The first-order valence-electron chi connectivity index (χ1n) is 8.61. The molecule has 2 rings (SSSR count). The molecular formula is C19H25N5O3. The van der Waals surface area contributed by atoms with E-state index < -0.39 is 12.1 Å². The number of nitrogens with two attached hydrogens (primary N) is 1. The van der Waals surface area contributed by atoms with Crippen molar-refractivity contribution in [2.75, 3.05) is 18.2 Å². The van der Waals surface area contributed by atoms with Crippen LogP contribution in [-0.4, -0.2) is 29.1 Å². The van der Waals surface area contributed by atoms with E-state index in [9.17, 15) is 9.90 Å². The Morgan fingerprint density at radius 3 is 2.63 bits per heavy atom. The number of pyridine rings is 1. The first-order valence-corrected chi connectivity index (χ1v) is 8.61. The number of nitrogens with zero attached hydrogens (tertiary/aromatic N) is 1. The first kappa shape index (κ1) is 20.2. The van der Waals surface area contributed by atoms with Gasteiger partial charge in [-0.1, -0.05) is 37.3 Å². The van der Waals surface area contributed by atoms with Crippen molar-refractivity contribution in [3.63, 3.8) is 0 Å². The minimum atomic E-state index is -0.939. The van der Waals surface area contributed by atoms with Crippen LogP contribution in [0.25, 0.3) is 0 Å². The molecule has 8 nitrogen and oxygen atoms in total. The number of nitrogens with one attached hydrogen (secondary N) is 3. The third-order valence-corrected chi connectivity index (χ3v) is 4.10. The third-order valence-electron chi connectivity index (χ3n) is 4.10. The maximum absolute atomic E-state index is 12.3. The van der Waals surface area contributed by atoms with Crippen LogP contribution in [0.1, 0.15) is 49.2 Å². The van der Waals surface area contributed by atoms with Crippen molar-refractivity contribution in [1.29, 1.82) is 5.41 Å². The van der Waals surface area contributed by atoms with Gasteiger partial charge in [-0.25, -0.2) is 9.78 Å². The highest BCUT2D eigenvalue weighted by Gasteiger charge is 2.21. The zero-order valence-electron chi connectivity index (χ0n) is 15.6. The number of methoxy groups -OCH3 is 1. The Balaban J connectivity index is 2.22. The lowest BCUT2D eigenvalue weighted by Gasteiger charge is -2.18. The number of benzene rings is 1. The quantitative estimate of drug-likeness (QED) is 0.393. The average Bonchev–Trinajstić information content (AvgIpc) is 2.66. The molecule has 27 heavy (non-hydrogen) atoms. The molecular weight excluding hydrogens is 346 g/mol. The van der Waals surface area contributed by atoms with E-state index in [4.69, 9.17) is 15.9 Å². The standard InChI is InChI=1S/C19H25N5O3/c1-4-14(25)17-16(18(21)27-3)13(20)10-15(23-17)24-19(26)22-11(2)12-8-6-5-7-9-12/h5-11,14,21,25H,4H2,1-3H3,(H4,20,22,23,24,26)/t11-,14?/m1/s1. The van der Waals surface area contributed by atoms with Gasteiger partial charge in [0.05, 0.1) is 30.5 Å². The zero-order valence-corrected chi connectivity index (χ0v) is 15.6. The van der Waals surface area contributed by atoms with Crippen LogP contribution in [0.15, 0.2) is 36.4 Å². The maximum atomic E-state index is 12.3. The van der Waals surface area contributed by atoms with Crippen LogP contribution in [0.3, 0.4) is 0 Å². The molecule has 8 heteroatoms. The van der Waals surface area contributed by atoms with Crippen LogP contribution < -0.4 is 16.4 Å². The molecule has 0 saturated heterocycles. The number of aliphatic hydroxyl groups excluding tert-OH is 1. The van der Waals surface area contributed by atoms with Gasteiger partial charge >= 0.3 is 6.03 Å². The van der Waals surface area contributed by atoms with Gasteiger partial charge in [0.15, 0.2) is 0 Å². The number of rotatable bonds is 6. The lowest BCUT2D eigenvalue weighted by atomic mass is 10.0. The highest BCUT2D eigenvalue weighted by molar-refractivity contribution is 5.99. The summed E-state index contributed by atoms with van der Waals surface area (Å²) in [6.45, 7) is 3.64. The molecule has 1 heterocycles. The molecule has 1 unspecified atom stereocenters. The molecule has 144 valence electrons. The van der Waals surface area contributed by atoms with E-state index in [1.54, 1.807) is 6.92 Å². The summed E-state index contributed by atoms with van der Waals surface area (Å²) < 4.78 is 4.93. The molecule has 6 N–H and O–H groups in total. The van der Waals surface area contributed by atoms with Crippen molar-refractivity contribution in [1.82, 2.24) is 10.3 Å². The first-order chi connectivity index (χ1) is 12.9. The Morgan fingerprint density at radius 2 is 2.04 bits per heavy atom. The predicted molar refractivity (Wildman–Crippen MR) is 105 cm³/mol. The molecule has 0 aliphatic heterocycles. The van der Waals surface area contributed by atoms with Crippen molar-refractivity contribution >= 4 is 23.4 Å². The molecule has 0 aliphatic carbocycles. The normalized spacial score (nSPS) is 12.7. The molecule has 0 bridgehead atoms. The summed E-state index contributed by atoms with van der Waals surface area (Å²) in [5.41, 5.74) is 7.57. The number of urea groups is 1. The molecule has 0 spiro atoms. The van der Waals surface area contributed by atoms with E-state index in [1.807, 2.05) is 37.3 Å². The molecule has 0 saturated carbocycles. The lowest BCUT2D eigenvalue weighted by molar-refractivity contribution is 0.168. The highest BCUT2D eigenvalue weighted by Crippen LogP contribution is 2.27. The van der Waals surface area contributed by atoms with Crippen molar-refractivity contribution in [2.45, 2.75) is 32.4 Å². The summed E-state index contributed by atoms with van der Waals surface area (Å²) in [4.78, 5) is 16.6. The van der Waals surface area contributed by atoms with E-state index in [-0.39, 0.29) is 34.7 Å². The van der Waals surface area contributed by atoms with Crippen LogP contribution in [0.2, 0.25) is 0 Å². The number of hydrogen-bond donors (Lipinski definition) is 5. The van der Waals surface area contributed by atoms with Crippen molar-refractivity contribution in [3.05, 3.63) is 53.2 Å². The van der Waals surface area contributed by atoms with Crippen molar-refractivity contribution < 1.29 is 14.6 Å². The minimum absolute atomic E-state index is 0.181. The van der Waals surface area contributed by atoms with Gasteiger partial charge < -0.3 is 20.9 Å². The van der Waals surface area contributed by atoms with E-state index in [1.165, 1.54) is 13.2 Å². The van der Waals surface area contributed by atoms with Crippen molar-refractivity contribution in [2.24, 2.45) is 0 Å². The molecule has 2 amide bonds. The molecule has 2 aromatic rings. The summed E-state index contributed by atoms with van der Waals surface area (Å²) in [5.74, 6) is -0.0170. The largest absolute Gasteiger partial charge is 0.481 e. The van der Waals surface area contributed by atoms with Gasteiger partial charge in [-0.05, 0) is 18.9 Å². The minimum Gasteiger partial charge on any atom is -0.481 e. The zero-order chi connectivity index (χ0) is 20.0. The summed E-state index contributed by atoms with van der Waals surface area (Å²) in [6.07, 6.45) is -0.567. The Kier molecular flexibility index (Phi) is 6.73. The molecule has 1 aromatic carbocycles. The second kappa shape index (κ2) is 9.00. The maximum Gasteiger partial charge on any atom is 0.320 e. The molecule has 1 aromatic heterocycles. The van der Waals surface area contributed by atoms with E-state index >= 15 is 0 Å². The van der Waals surface area contributed by atoms with E-state index in [2.05, 4.69) is 15.6 Å². The molecule has 2 atom stereocenters. The number of anilines is 2. The Hall–Kier alpha value is -3.13. The highest BCUT2D eigenvalue weighted by atomic mass is 16.5. The summed E-state index contributed by atoms with van der Waals surface area (Å²) >= 11 is 0. The number of carbonyl (C=O) groups is 1. The monoisotopic (exact) mass is 371 g/mol. The number of hydrogen-bond acceptors (Lipinski definition) is 6. The van der Waals surface area contributed by atoms with Crippen molar-refractivity contribution in [3.8, 4) is 0 Å². The Bertz CT molecular complexity index is 810. The second-order valence-corrected chi connectivity index (χ2v) is 6.05. The topological polar surface area (TPSA) is 133 Å². The summed E-state index contributed by atoms with van der Waals surface area (Å²) in [5, 5.41) is 23.5. The van der Waals surface area contributed by atoms with Gasteiger partial charge in [0.2, 0.25) is 5.90 Å². The smallest absolute Gasteiger partial charge is 0.320 e. The van der Waals surface area contributed by atoms with E-state index in [0.29, 0.717) is 6.42 Å². The predicted octanol–water partition coefficient (Wildman–Crippen LogP) is 2.96. The number of amides is 2. The summed E-state index contributed by atoms with van der Waals surface area (Å²) in [7, 11) is 1.34. The van der Waals surface area contributed by atoms with Crippen LogP contribution in [0.5, 0.6) is 0 Å². The number of aromatic nitrogens is 1. The number of nitrogen functional groups attached to an aromatic ring is 1. The number of aliphatic hydroxyl groups is 1. The Labute approximate surface area is 158 Å². The molecule has 0 radical (unpaired) electrons. The van der Waals surface area contributed by atoms with E-state index in [0.717, 1.165) is 5.56 Å². The van der Waals surface area contributed by atoms with Crippen LogP contribution in [-0.2, 0) is 4.74 Å². The fourth-order valence-electron chi connectivity index (χ4n) is 2.61. The fraction of sp³-hybridized carbons (Fsp3) is 0.316. The third kappa shape index (κ3) is 4.95.